The van der Waals surface area contributed by atoms with Gasteiger partial charge in [0.05, 0.1) is 0 Å². The zero-order valence-corrected chi connectivity index (χ0v) is 10.2. The minimum Gasteiger partial charge on any atom is -0.347 e. The van der Waals surface area contributed by atoms with Crippen molar-refractivity contribution in [2.75, 3.05) is 11.9 Å². The van der Waals surface area contributed by atoms with E-state index in [9.17, 15) is 4.79 Å². The van der Waals surface area contributed by atoms with Crippen LogP contribution in [0.15, 0.2) is 30.0 Å². The first kappa shape index (κ1) is 10.9. The molecule has 2 nitrogen and oxygen atoms in total. The van der Waals surface area contributed by atoms with Crippen molar-refractivity contribution in [1.29, 1.82) is 0 Å². The summed E-state index contributed by atoms with van der Waals surface area (Å²) in [5.41, 5.74) is 4.72. The number of hydrogen-bond acceptors (Lipinski definition) is 2. The van der Waals surface area contributed by atoms with E-state index in [-0.39, 0.29) is 5.41 Å². The second-order valence-corrected chi connectivity index (χ2v) is 4.89. The third kappa shape index (κ3) is 1.37. The zero-order valence-electron chi connectivity index (χ0n) is 10.2. The molecule has 1 aromatic carbocycles. The second-order valence-electron chi connectivity index (χ2n) is 4.89. The summed E-state index contributed by atoms with van der Waals surface area (Å²) >= 11 is 0. The summed E-state index contributed by atoms with van der Waals surface area (Å²) in [4.78, 5) is 12.8. The lowest BCUT2D eigenvalue weighted by Gasteiger charge is -2.23. The molecule has 1 aliphatic rings. The third-order valence-corrected chi connectivity index (χ3v) is 3.41. The topological polar surface area (TPSA) is 20.3 Å². The summed E-state index contributed by atoms with van der Waals surface area (Å²) in [6.07, 6.45) is 2.53. The van der Waals surface area contributed by atoms with Crippen molar-refractivity contribution < 1.29 is 4.79 Å². The summed E-state index contributed by atoms with van der Waals surface area (Å²) in [7, 11) is 2.01. The summed E-state index contributed by atoms with van der Waals surface area (Å²) in [6, 6.07) is 6.44. The van der Waals surface area contributed by atoms with Crippen LogP contribution in [0.1, 0.15) is 25.0 Å². The van der Waals surface area contributed by atoms with Gasteiger partial charge in [-0.05, 0) is 24.6 Å². The van der Waals surface area contributed by atoms with Gasteiger partial charge in [-0.3, -0.25) is 4.79 Å². The molecule has 0 atom stereocenters. The average molecular weight is 215 g/mol. The number of carbonyl (C=O) groups excluding carboxylic acids is 1. The van der Waals surface area contributed by atoms with Crippen molar-refractivity contribution in [1.82, 2.24) is 0 Å². The van der Waals surface area contributed by atoms with Crippen LogP contribution in [0, 0.1) is 6.92 Å². The maximum atomic E-state index is 10.7. The molecule has 0 aromatic heterocycles. The minimum absolute atomic E-state index is 0.0863. The summed E-state index contributed by atoms with van der Waals surface area (Å²) < 4.78 is 0. The maximum Gasteiger partial charge on any atom is 0.144 e. The Balaban J connectivity index is 2.66. The van der Waals surface area contributed by atoms with E-state index in [1.54, 1.807) is 6.08 Å². The highest BCUT2D eigenvalue weighted by Crippen LogP contribution is 2.46. The maximum absolute atomic E-state index is 10.7. The van der Waals surface area contributed by atoms with Gasteiger partial charge in [-0.1, -0.05) is 31.5 Å². The Labute approximate surface area is 96.6 Å². The predicted molar refractivity (Wildman–Crippen MR) is 66.8 cm³/mol. The summed E-state index contributed by atoms with van der Waals surface area (Å²) in [6.45, 7) is 6.41. The van der Waals surface area contributed by atoms with E-state index < -0.39 is 0 Å². The number of aryl methyl sites for hydroxylation is 1. The smallest absolute Gasteiger partial charge is 0.144 e. The monoisotopic (exact) mass is 215 g/mol. The zero-order chi connectivity index (χ0) is 11.9. The lowest BCUT2D eigenvalue weighted by Crippen LogP contribution is -2.23. The number of allylic oxidation sites excluding steroid dienone is 2. The first-order valence-electron chi connectivity index (χ1n) is 5.49. The van der Waals surface area contributed by atoms with Gasteiger partial charge in [0.2, 0.25) is 0 Å². The van der Waals surface area contributed by atoms with Gasteiger partial charge in [0, 0.05) is 23.8 Å². The average Bonchev–Trinajstić information content (AvgIpc) is 2.40. The molecule has 16 heavy (non-hydrogen) atoms. The number of fused-ring (bicyclic) bond motifs is 1. The molecule has 0 radical (unpaired) electrons. The van der Waals surface area contributed by atoms with Crippen LogP contribution in [0.25, 0.3) is 0 Å². The van der Waals surface area contributed by atoms with Crippen LogP contribution >= 0.6 is 0 Å². The molecule has 0 fully saturated rings. The first-order valence-corrected chi connectivity index (χ1v) is 5.49. The van der Waals surface area contributed by atoms with Crippen molar-refractivity contribution in [3.63, 3.8) is 0 Å². The number of benzene rings is 1. The molecule has 1 heterocycles. The molecule has 0 spiro atoms. The van der Waals surface area contributed by atoms with Crippen LogP contribution in [0.2, 0.25) is 0 Å². The highest BCUT2D eigenvalue weighted by molar-refractivity contribution is 5.76. The van der Waals surface area contributed by atoms with Gasteiger partial charge in [0.25, 0.3) is 0 Å². The lowest BCUT2D eigenvalue weighted by atomic mass is 9.83. The number of carbonyl (C=O) groups is 1. The Morgan fingerprint density at radius 3 is 2.62 bits per heavy atom. The SMILES string of the molecule is Cc1ccc2c(c1)C(C)(C)/C(=C/C=O)N2C. The highest BCUT2D eigenvalue weighted by atomic mass is 16.1. The molecule has 0 saturated heterocycles. The largest absolute Gasteiger partial charge is 0.347 e. The number of anilines is 1. The van der Waals surface area contributed by atoms with E-state index in [2.05, 4.69) is 43.9 Å². The molecule has 0 N–H and O–H groups in total. The minimum atomic E-state index is -0.0863. The van der Waals surface area contributed by atoms with Crippen LogP contribution in [0.3, 0.4) is 0 Å². The van der Waals surface area contributed by atoms with Crippen molar-refractivity contribution in [2.45, 2.75) is 26.2 Å². The van der Waals surface area contributed by atoms with E-state index in [1.165, 1.54) is 16.8 Å². The first-order chi connectivity index (χ1) is 7.48. The van der Waals surface area contributed by atoms with Crippen molar-refractivity contribution in [2.24, 2.45) is 0 Å². The van der Waals surface area contributed by atoms with Crippen molar-refractivity contribution in [3.05, 3.63) is 41.1 Å². The Morgan fingerprint density at radius 1 is 1.31 bits per heavy atom. The van der Waals surface area contributed by atoms with Crippen molar-refractivity contribution in [3.8, 4) is 0 Å². The Hall–Kier alpha value is -1.57. The second kappa shape index (κ2) is 3.48. The molecule has 2 heteroatoms. The van der Waals surface area contributed by atoms with E-state index in [0.717, 1.165) is 12.0 Å². The van der Waals surface area contributed by atoms with Crippen LogP contribution in [-0.2, 0) is 10.2 Å². The standard InChI is InChI=1S/C14H17NO/c1-10-5-6-12-11(9-10)14(2,3)13(7-8-16)15(12)4/h5-9H,1-4H3/b13-7-. The molecule has 0 aliphatic carbocycles. The van der Waals surface area contributed by atoms with Gasteiger partial charge in [0.1, 0.15) is 6.29 Å². The van der Waals surface area contributed by atoms with Crippen LogP contribution < -0.4 is 4.90 Å². The van der Waals surface area contributed by atoms with Crippen LogP contribution in [0.5, 0.6) is 0 Å². The molecule has 1 aromatic rings. The Kier molecular flexibility index (Phi) is 2.38. The van der Waals surface area contributed by atoms with Crippen LogP contribution in [0.4, 0.5) is 5.69 Å². The van der Waals surface area contributed by atoms with E-state index in [0.29, 0.717) is 0 Å². The van der Waals surface area contributed by atoms with E-state index >= 15 is 0 Å². The number of hydrogen-bond donors (Lipinski definition) is 0. The van der Waals surface area contributed by atoms with Gasteiger partial charge in [-0.25, -0.2) is 0 Å². The molecule has 0 bridgehead atoms. The normalized spacial score (nSPS) is 20.0. The summed E-state index contributed by atoms with van der Waals surface area (Å²) in [5, 5.41) is 0. The molecular formula is C14H17NO. The number of nitrogens with zero attached hydrogens (tertiary/aromatic N) is 1. The fourth-order valence-electron chi connectivity index (χ4n) is 2.51. The predicted octanol–water partition coefficient (Wildman–Crippen LogP) is 2.81. The number of rotatable bonds is 1. The fourth-order valence-corrected chi connectivity index (χ4v) is 2.51. The number of aldehydes is 1. The third-order valence-electron chi connectivity index (χ3n) is 3.41. The van der Waals surface area contributed by atoms with Gasteiger partial charge in [-0.2, -0.15) is 0 Å². The van der Waals surface area contributed by atoms with E-state index in [4.69, 9.17) is 0 Å². The Bertz CT molecular complexity index is 472. The molecule has 1 aliphatic heterocycles. The molecule has 84 valence electrons. The fraction of sp³-hybridized carbons (Fsp3) is 0.357. The van der Waals surface area contributed by atoms with Gasteiger partial charge < -0.3 is 4.90 Å². The summed E-state index contributed by atoms with van der Waals surface area (Å²) in [5.74, 6) is 0. The molecule has 0 unspecified atom stereocenters. The quantitative estimate of drug-likeness (QED) is 0.530. The lowest BCUT2D eigenvalue weighted by molar-refractivity contribution is -0.104. The van der Waals surface area contributed by atoms with Crippen LogP contribution in [-0.4, -0.2) is 13.3 Å². The Morgan fingerprint density at radius 2 is 2.00 bits per heavy atom. The molecule has 0 saturated carbocycles. The van der Waals surface area contributed by atoms with Crippen molar-refractivity contribution >= 4 is 12.0 Å². The molecular weight excluding hydrogens is 198 g/mol. The molecule has 0 amide bonds. The van der Waals surface area contributed by atoms with Gasteiger partial charge >= 0.3 is 0 Å². The highest BCUT2D eigenvalue weighted by Gasteiger charge is 2.38. The van der Waals surface area contributed by atoms with Gasteiger partial charge in [0.15, 0.2) is 0 Å². The number of likely N-dealkylation sites (N-methyl/N-ethyl adjacent to an activating group) is 1. The van der Waals surface area contributed by atoms with Gasteiger partial charge in [-0.15, -0.1) is 0 Å². The molecule has 2 rings (SSSR count). The van der Waals surface area contributed by atoms with E-state index in [1.807, 2.05) is 7.05 Å².